The lowest BCUT2D eigenvalue weighted by atomic mass is 10.3. The SMILES string of the molecule is C=CCn1c(COc2ccccc2F)nnc1SCC(=O)N(C)C(C)c1nc2ccccc2s1. The van der Waals surface area contributed by atoms with Crippen molar-refractivity contribution in [1.29, 1.82) is 0 Å². The van der Waals surface area contributed by atoms with Crippen molar-refractivity contribution < 1.29 is 13.9 Å². The van der Waals surface area contributed by atoms with E-state index in [1.807, 2.05) is 35.8 Å². The Morgan fingerprint density at radius 2 is 2.03 bits per heavy atom. The third kappa shape index (κ3) is 5.28. The number of ether oxygens (including phenoxy) is 1. The van der Waals surface area contributed by atoms with Crippen LogP contribution >= 0.6 is 23.1 Å². The first kappa shape index (κ1) is 23.9. The molecular weight excluding hydrogens is 473 g/mol. The highest BCUT2D eigenvalue weighted by Gasteiger charge is 2.22. The number of rotatable bonds is 10. The maximum absolute atomic E-state index is 13.8. The van der Waals surface area contributed by atoms with Crippen molar-refractivity contribution in [3.8, 4) is 5.75 Å². The summed E-state index contributed by atoms with van der Waals surface area (Å²) in [6.45, 7) is 6.24. The lowest BCUT2D eigenvalue weighted by Crippen LogP contribution is -2.31. The van der Waals surface area contributed by atoms with Gasteiger partial charge in [-0.15, -0.1) is 28.1 Å². The fourth-order valence-electron chi connectivity index (χ4n) is 3.23. The van der Waals surface area contributed by atoms with Crippen molar-refractivity contribution in [3.63, 3.8) is 0 Å². The van der Waals surface area contributed by atoms with Gasteiger partial charge in [-0.1, -0.05) is 42.1 Å². The number of aromatic nitrogens is 4. The van der Waals surface area contributed by atoms with E-state index in [1.165, 1.54) is 17.8 Å². The minimum atomic E-state index is -0.442. The molecule has 4 aromatic rings. The molecule has 0 saturated carbocycles. The molecule has 2 aromatic carbocycles. The molecule has 0 fully saturated rings. The van der Waals surface area contributed by atoms with E-state index in [0.29, 0.717) is 17.5 Å². The van der Waals surface area contributed by atoms with Gasteiger partial charge in [0, 0.05) is 13.6 Å². The van der Waals surface area contributed by atoms with Crippen LogP contribution in [-0.2, 0) is 17.9 Å². The van der Waals surface area contributed by atoms with Gasteiger partial charge in [-0.25, -0.2) is 9.37 Å². The molecule has 2 heterocycles. The molecule has 0 aliphatic heterocycles. The van der Waals surface area contributed by atoms with Gasteiger partial charge in [0.15, 0.2) is 22.5 Å². The van der Waals surface area contributed by atoms with Gasteiger partial charge >= 0.3 is 0 Å². The van der Waals surface area contributed by atoms with Gasteiger partial charge < -0.3 is 9.64 Å². The van der Waals surface area contributed by atoms with Crippen molar-refractivity contribution in [2.75, 3.05) is 12.8 Å². The molecule has 0 aliphatic carbocycles. The Hall–Kier alpha value is -3.24. The molecule has 1 unspecified atom stereocenters. The van der Waals surface area contributed by atoms with Crippen LogP contribution in [0.1, 0.15) is 23.8 Å². The Balaban J connectivity index is 1.40. The monoisotopic (exact) mass is 497 g/mol. The van der Waals surface area contributed by atoms with Crippen LogP contribution in [0.5, 0.6) is 5.75 Å². The van der Waals surface area contributed by atoms with E-state index in [9.17, 15) is 9.18 Å². The summed E-state index contributed by atoms with van der Waals surface area (Å²) in [5.41, 5.74) is 0.937. The third-order valence-electron chi connectivity index (χ3n) is 5.27. The van der Waals surface area contributed by atoms with Crippen LogP contribution in [0.25, 0.3) is 10.2 Å². The fourth-order valence-corrected chi connectivity index (χ4v) is 5.18. The zero-order valence-corrected chi connectivity index (χ0v) is 20.5. The first-order valence-electron chi connectivity index (χ1n) is 10.6. The standard InChI is InChI=1S/C24H24FN5O2S2/c1-4-13-30-21(14-32-19-11-7-5-9-17(19)25)27-28-24(30)33-15-22(31)29(3)16(2)23-26-18-10-6-8-12-20(18)34-23/h4-12,16H,1,13-15H2,2-3H3. The molecule has 4 rings (SSSR count). The van der Waals surface area contributed by atoms with Crippen LogP contribution in [0, 0.1) is 5.82 Å². The average Bonchev–Trinajstić information content (AvgIpc) is 3.45. The van der Waals surface area contributed by atoms with E-state index in [2.05, 4.69) is 21.8 Å². The molecule has 7 nitrogen and oxygen atoms in total. The molecule has 0 saturated heterocycles. The predicted molar refractivity (Wildman–Crippen MR) is 132 cm³/mol. The lowest BCUT2D eigenvalue weighted by Gasteiger charge is -2.23. The number of hydrogen-bond acceptors (Lipinski definition) is 7. The van der Waals surface area contributed by atoms with Crippen molar-refractivity contribution in [3.05, 3.63) is 77.8 Å². The molecule has 2 aromatic heterocycles. The number of carbonyl (C=O) groups is 1. The minimum absolute atomic E-state index is 0.0465. The average molecular weight is 498 g/mol. The van der Waals surface area contributed by atoms with Crippen molar-refractivity contribution in [1.82, 2.24) is 24.6 Å². The van der Waals surface area contributed by atoms with Crippen LogP contribution < -0.4 is 4.74 Å². The van der Waals surface area contributed by atoms with Crippen LogP contribution in [0.4, 0.5) is 4.39 Å². The van der Waals surface area contributed by atoms with Gasteiger partial charge in [-0.2, -0.15) is 0 Å². The number of thiazole rings is 1. The van der Waals surface area contributed by atoms with Crippen LogP contribution in [0.15, 0.2) is 66.3 Å². The van der Waals surface area contributed by atoms with Gasteiger partial charge in [0.1, 0.15) is 11.6 Å². The zero-order valence-electron chi connectivity index (χ0n) is 18.8. The van der Waals surface area contributed by atoms with Crippen molar-refractivity contribution in [2.24, 2.45) is 0 Å². The van der Waals surface area contributed by atoms with Crippen LogP contribution in [0.2, 0.25) is 0 Å². The van der Waals surface area contributed by atoms with E-state index in [-0.39, 0.29) is 30.1 Å². The fraction of sp³-hybridized carbons (Fsp3) is 0.250. The molecule has 0 bridgehead atoms. The molecule has 10 heteroatoms. The number of halogens is 1. The molecular formula is C24H24FN5O2S2. The highest BCUT2D eigenvalue weighted by atomic mass is 32.2. The summed E-state index contributed by atoms with van der Waals surface area (Å²) in [5.74, 6) is 0.367. The van der Waals surface area contributed by atoms with E-state index in [1.54, 1.807) is 47.6 Å². The second-order valence-corrected chi connectivity index (χ2v) is 9.51. The molecule has 1 amide bonds. The number of amides is 1. The number of hydrogen-bond donors (Lipinski definition) is 0. The van der Waals surface area contributed by atoms with Gasteiger partial charge in [-0.3, -0.25) is 9.36 Å². The Kier molecular flexibility index (Phi) is 7.59. The summed E-state index contributed by atoms with van der Waals surface area (Å²) >= 11 is 2.88. The number of allylic oxidation sites excluding steroid dienone is 1. The molecule has 34 heavy (non-hydrogen) atoms. The second kappa shape index (κ2) is 10.8. The van der Waals surface area contributed by atoms with Crippen LogP contribution in [0.3, 0.4) is 0 Å². The first-order valence-corrected chi connectivity index (χ1v) is 12.4. The molecule has 0 radical (unpaired) electrons. The third-order valence-corrected chi connectivity index (χ3v) is 7.42. The predicted octanol–water partition coefficient (Wildman–Crippen LogP) is 5.10. The molecule has 176 valence electrons. The first-order chi connectivity index (χ1) is 16.5. The van der Waals surface area contributed by atoms with Crippen LogP contribution in [-0.4, -0.2) is 43.4 Å². The largest absolute Gasteiger partial charge is 0.483 e. The Labute approximate surface area is 205 Å². The van der Waals surface area contributed by atoms with E-state index >= 15 is 0 Å². The molecule has 0 N–H and O–H groups in total. The Bertz CT molecular complexity index is 1270. The van der Waals surface area contributed by atoms with Crippen molar-refractivity contribution >= 4 is 39.2 Å². The Morgan fingerprint density at radius 3 is 2.79 bits per heavy atom. The summed E-state index contributed by atoms with van der Waals surface area (Å²) < 4.78 is 22.3. The van der Waals surface area contributed by atoms with E-state index < -0.39 is 5.82 Å². The second-order valence-electron chi connectivity index (χ2n) is 7.51. The topological polar surface area (TPSA) is 73.1 Å². The molecule has 1 atom stereocenters. The Morgan fingerprint density at radius 1 is 1.26 bits per heavy atom. The van der Waals surface area contributed by atoms with Gasteiger partial charge in [0.2, 0.25) is 5.91 Å². The number of thioether (sulfide) groups is 1. The summed E-state index contributed by atoms with van der Waals surface area (Å²) in [7, 11) is 1.78. The number of carbonyl (C=O) groups excluding carboxylic acids is 1. The van der Waals surface area contributed by atoms with E-state index in [4.69, 9.17) is 4.74 Å². The molecule has 0 aliphatic rings. The summed E-state index contributed by atoms with van der Waals surface area (Å²) in [6, 6.07) is 14.0. The highest BCUT2D eigenvalue weighted by molar-refractivity contribution is 7.99. The maximum atomic E-state index is 13.8. The number of benzene rings is 2. The quantitative estimate of drug-likeness (QED) is 0.224. The summed E-state index contributed by atoms with van der Waals surface area (Å²) in [6.07, 6.45) is 1.71. The van der Waals surface area contributed by atoms with Crippen molar-refractivity contribution in [2.45, 2.75) is 31.3 Å². The summed E-state index contributed by atoms with van der Waals surface area (Å²) in [5, 5.41) is 9.84. The smallest absolute Gasteiger partial charge is 0.233 e. The van der Waals surface area contributed by atoms with Gasteiger partial charge in [0.25, 0.3) is 0 Å². The highest BCUT2D eigenvalue weighted by Crippen LogP contribution is 2.29. The van der Waals surface area contributed by atoms with Gasteiger partial charge in [0.05, 0.1) is 22.0 Å². The maximum Gasteiger partial charge on any atom is 0.233 e. The molecule has 0 spiro atoms. The van der Waals surface area contributed by atoms with Gasteiger partial charge in [-0.05, 0) is 31.2 Å². The summed E-state index contributed by atoms with van der Waals surface area (Å²) in [4.78, 5) is 19.3. The number of nitrogens with zero attached hydrogens (tertiary/aromatic N) is 5. The van der Waals surface area contributed by atoms with E-state index in [0.717, 1.165) is 15.2 Å². The minimum Gasteiger partial charge on any atom is -0.483 e. The normalized spacial score (nSPS) is 12.0. The number of para-hydroxylation sites is 2. The number of fused-ring (bicyclic) bond motifs is 1. The lowest BCUT2D eigenvalue weighted by molar-refractivity contribution is -0.128. The zero-order chi connectivity index (χ0) is 24.1.